The van der Waals surface area contributed by atoms with Crippen LogP contribution in [0.2, 0.25) is 0 Å². The normalized spacial score (nSPS) is 11.5. The van der Waals surface area contributed by atoms with Crippen molar-refractivity contribution in [2.45, 2.75) is 83.8 Å². The number of methoxy groups -OCH3 is 2. The van der Waals surface area contributed by atoms with E-state index in [4.69, 9.17) is 24.0 Å². The van der Waals surface area contributed by atoms with Crippen LogP contribution in [0.3, 0.4) is 0 Å². The third-order valence-electron chi connectivity index (χ3n) is 3.80. The Hall–Kier alpha value is -0.200. The molecule has 0 aliphatic heterocycles. The Kier molecular flexibility index (Phi) is 19.7. The zero-order valence-corrected chi connectivity index (χ0v) is 15.5. The fraction of sp³-hybridized carbons (Fsp3) is 1.00. The van der Waals surface area contributed by atoms with E-state index in [1.165, 1.54) is 32.1 Å². The van der Waals surface area contributed by atoms with Gasteiger partial charge in [-0.2, -0.15) is 0 Å². The molecule has 0 aromatic carbocycles. The summed E-state index contributed by atoms with van der Waals surface area (Å²) in [4.78, 5) is 10.1. The molecule has 0 aliphatic carbocycles. The highest BCUT2D eigenvalue weighted by atomic mass is 17.2. The van der Waals surface area contributed by atoms with E-state index in [0.717, 1.165) is 45.1 Å². The first-order valence-electron chi connectivity index (χ1n) is 9.22. The van der Waals surface area contributed by atoms with E-state index in [1.54, 1.807) is 14.2 Å². The highest BCUT2D eigenvalue weighted by molar-refractivity contribution is 4.47. The van der Waals surface area contributed by atoms with E-state index in [2.05, 4.69) is 6.92 Å². The number of unbranched alkanes of at least 4 members (excludes halogenated alkanes) is 8. The zero-order chi connectivity index (χ0) is 17.0. The standard InChI is InChI=1S/C18H38O5/c1-4-5-6-7-9-12-15-21-17-23-22-16-13-10-8-11-14-18(19-2)20-3/h18H,4-17H2,1-3H3. The molecule has 0 rings (SSSR count). The van der Waals surface area contributed by atoms with Gasteiger partial charge >= 0.3 is 0 Å². The molecule has 0 aliphatic rings. The van der Waals surface area contributed by atoms with Crippen LogP contribution in [0, 0.1) is 0 Å². The third kappa shape index (κ3) is 18.0. The van der Waals surface area contributed by atoms with Crippen LogP contribution in [-0.2, 0) is 24.0 Å². The van der Waals surface area contributed by atoms with Crippen LogP contribution in [0.25, 0.3) is 0 Å². The molecule has 0 aromatic heterocycles. The van der Waals surface area contributed by atoms with Crippen LogP contribution in [0.5, 0.6) is 0 Å². The lowest BCUT2D eigenvalue weighted by atomic mass is 10.1. The topological polar surface area (TPSA) is 46.2 Å². The highest BCUT2D eigenvalue weighted by Gasteiger charge is 2.03. The molecule has 0 amide bonds. The molecule has 0 fully saturated rings. The molecule has 0 saturated heterocycles. The van der Waals surface area contributed by atoms with Crippen molar-refractivity contribution < 1.29 is 24.0 Å². The Bertz CT molecular complexity index is 210. The van der Waals surface area contributed by atoms with Gasteiger partial charge in [0.05, 0.1) is 6.61 Å². The van der Waals surface area contributed by atoms with E-state index in [9.17, 15) is 0 Å². The largest absolute Gasteiger partial charge is 0.356 e. The molecule has 0 spiro atoms. The van der Waals surface area contributed by atoms with Crippen molar-refractivity contribution in [2.75, 3.05) is 34.2 Å². The van der Waals surface area contributed by atoms with E-state index in [1.807, 2.05) is 0 Å². The van der Waals surface area contributed by atoms with Crippen molar-refractivity contribution in [3.63, 3.8) is 0 Å². The molecule has 0 heterocycles. The predicted octanol–water partition coefficient (Wildman–Crippen LogP) is 4.84. The Morgan fingerprint density at radius 3 is 1.96 bits per heavy atom. The Balaban J connectivity index is 3.02. The summed E-state index contributed by atoms with van der Waals surface area (Å²) in [7, 11) is 3.35. The molecule has 0 bridgehead atoms. The lowest BCUT2D eigenvalue weighted by Gasteiger charge is -2.12. The second-order valence-corrected chi connectivity index (χ2v) is 5.84. The minimum Gasteiger partial charge on any atom is -0.356 e. The lowest BCUT2D eigenvalue weighted by Crippen LogP contribution is -2.12. The van der Waals surface area contributed by atoms with Crippen LogP contribution < -0.4 is 0 Å². The average Bonchev–Trinajstić information content (AvgIpc) is 2.58. The van der Waals surface area contributed by atoms with Gasteiger partial charge in [0.1, 0.15) is 0 Å². The first kappa shape index (κ1) is 22.8. The Morgan fingerprint density at radius 1 is 0.652 bits per heavy atom. The lowest BCUT2D eigenvalue weighted by molar-refractivity contribution is -0.336. The number of hydrogen-bond donors (Lipinski definition) is 0. The quantitative estimate of drug-likeness (QED) is 0.146. The maximum atomic E-state index is 5.36. The molecule has 0 atom stereocenters. The first-order valence-corrected chi connectivity index (χ1v) is 9.22. The van der Waals surface area contributed by atoms with Gasteiger partial charge in [0.25, 0.3) is 0 Å². The molecule has 0 saturated carbocycles. The predicted molar refractivity (Wildman–Crippen MR) is 92.1 cm³/mol. The van der Waals surface area contributed by atoms with Crippen molar-refractivity contribution in [3.05, 3.63) is 0 Å². The maximum Gasteiger partial charge on any atom is 0.180 e. The van der Waals surface area contributed by atoms with Crippen LogP contribution in [0.1, 0.15) is 77.6 Å². The Labute approximate surface area is 142 Å². The monoisotopic (exact) mass is 334 g/mol. The molecular formula is C18H38O5. The summed E-state index contributed by atoms with van der Waals surface area (Å²) < 4.78 is 15.6. The molecule has 0 radical (unpaired) electrons. The zero-order valence-electron chi connectivity index (χ0n) is 15.5. The van der Waals surface area contributed by atoms with Crippen molar-refractivity contribution in [3.8, 4) is 0 Å². The summed E-state index contributed by atoms with van der Waals surface area (Å²) in [6.07, 6.45) is 12.9. The maximum absolute atomic E-state index is 5.36. The van der Waals surface area contributed by atoms with Gasteiger partial charge in [-0.3, -0.25) is 0 Å². The van der Waals surface area contributed by atoms with Gasteiger partial charge in [0.15, 0.2) is 13.1 Å². The summed E-state index contributed by atoms with van der Waals surface area (Å²) in [6.45, 7) is 3.85. The SMILES string of the molecule is CCCCCCCCOCOOCCCCCCC(OC)OC. The summed E-state index contributed by atoms with van der Waals surface area (Å²) >= 11 is 0. The first-order chi connectivity index (χ1) is 11.3. The van der Waals surface area contributed by atoms with E-state index in [-0.39, 0.29) is 13.1 Å². The molecule has 5 heteroatoms. The summed E-state index contributed by atoms with van der Waals surface area (Å²) in [5.74, 6) is 0. The molecule has 23 heavy (non-hydrogen) atoms. The number of ether oxygens (including phenoxy) is 3. The van der Waals surface area contributed by atoms with Crippen molar-refractivity contribution >= 4 is 0 Å². The Morgan fingerprint density at radius 2 is 1.26 bits per heavy atom. The minimum absolute atomic E-state index is 0.0709. The van der Waals surface area contributed by atoms with Gasteiger partial charge in [-0.25, -0.2) is 9.78 Å². The molecule has 0 aromatic rings. The van der Waals surface area contributed by atoms with Gasteiger partial charge in [-0.15, -0.1) is 0 Å². The van der Waals surface area contributed by atoms with Crippen molar-refractivity contribution in [1.29, 1.82) is 0 Å². The van der Waals surface area contributed by atoms with E-state index in [0.29, 0.717) is 6.61 Å². The molecule has 0 N–H and O–H groups in total. The fourth-order valence-electron chi connectivity index (χ4n) is 2.33. The highest BCUT2D eigenvalue weighted by Crippen LogP contribution is 2.08. The van der Waals surface area contributed by atoms with Gasteiger partial charge in [-0.05, 0) is 25.7 Å². The van der Waals surface area contributed by atoms with Crippen LogP contribution in [0.15, 0.2) is 0 Å². The van der Waals surface area contributed by atoms with Gasteiger partial charge in [0.2, 0.25) is 0 Å². The average molecular weight is 334 g/mol. The molecule has 5 nitrogen and oxygen atoms in total. The molecular weight excluding hydrogens is 296 g/mol. The van der Waals surface area contributed by atoms with Crippen LogP contribution >= 0.6 is 0 Å². The summed E-state index contributed by atoms with van der Waals surface area (Å²) in [5.41, 5.74) is 0. The van der Waals surface area contributed by atoms with Crippen molar-refractivity contribution in [2.24, 2.45) is 0 Å². The summed E-state index contributed by atoms with van der Waals surface area (Å²) in [5, 5.41) is 0. The number of hydrogen-bond acceptors (Lipinski definition) is 5. The van der Waals surface area contributed by atoms with Gasteiger partial charge < -0.3 is 14.2 Å². The smallest absolute Gasteiger partial charge is 0.180 e. The molecule has 0 unspecified atom stereocenters. The van der Waals surface area contributed by atoms with Gasteiger partial charge in [0, 0.05) is 20.8 Å². The van der Waals surface area contributed by atoms with Crippen molar-refractivity contribution in [1.82, 2.24) is 0 Å². The number of rotatable bonds is 19. The summed E-state index contributed by atoms with van der Waals surface area (Å²) in [6, 6.07) is 0. The molecule has 140 valence electrons. The fourth-order valence-corrected chi connectivity index (χ4v) is 2.33. The van der Waals surface area contributed by atoms with Gasteiger partial charge in [-0.1, -0.05) is 51.9 Å². The van der Waals surface area contributed by atoms with E-state index >= 15 is 0 Å². The van der Waals surface area contributed by atoms with E-state index < -0.39 is 0 Å². The second kappa shape index (κ2) is 19.8. The van der Waals surface area contributed by atoms with Crippen LogP contribution in [0.4, 0.5) is 0 Å². The minimum atomic E-state index is -0.0709. The second-order valence-electron chi connectivity index (χ2n) is 5.84. The third-order valence-corrected chi connectivity index (χ3v) is 3.80. The van der Waals surface area contributed by atoms with Crippen LogP contribution in [-0.4, -0.2) is 40.5 Å².